The maximum Gasteiger partial charge on any atom is 0.224 e. The first kappa shape index (κ1) is 13.5. The van der Waals surface area contributed by atoms with Crippen molar-refractivity contribution in [2.45, 2.75) is 45.1 Å². The molecule has 0 spiro atoms. The van der Waals surface area contributed by atoms with Gasteiger partial charge in [0.1, 0.15) is 0 Å². The summed E-state index contributed by atoms with van der Waals surface area (Å²) in [4.78, 5) is 11.8. The third-order valence-electron chi connectivity index (χ3n) is 3.10. The van der Waals surface area contributed by atoms with Crippen LogP contribution in [0.5, 0.6) is 0 Å². The van der Waals surface area contributed by atoms with Crippen LogP contribution < -0.4 is 10.6 Å². The Morgan fingerprint density at radius 1 is 1.62 bits per heavy atom. The van der Waals surface area contributed by atoms with Gasteiger partial charge in [-0.25, -0.2) is 0 Å². The van der Waals surface area contributed by atoms with E-state index >= 15 is 0 Å². The van der Waals surface area contributed by atoms with Crippen LogP contribution >= 0.6 is 0 Å². The Balaban J connectivity index is 2.28. The van der Waals surface area contributed by atoms with Crippen molar-refractivity contribution in [3.05, 3.63) is 0 Å². The van der Waals surface area contributed by atoms with Gasteiger partial charge in [-0.2, -0.15) is 0 Å². The predicted molar refractivity (Wildman–Crippen MR) is 64.1 cm³/mol. The van der Waals surface area contributed by atoms with Crippen LogP contribution in [0.15, 0.2) is 0 Å². The zero-order chi connectivity index (χ0) is 12.0. The average molecular weight is 228 g/mol. The first-order valence-corrected chi connectivity index (χ1v) is 6.26. The first-order chi connectivity index (χ1) is 7.55. The highest BCUT2D eigenvalue weighted by molar-refractivity contribution is 5.79. The number of hydrogen-bond donors (Lipinski definition) is 3. The maximum absolute atomic E-state index is 11.8. The summed E-state index contributed by atoms with van der Waals surface area (Å²) in [5.41, 5.74) is -0.771. The van der Waals surface area contributed by atoms with E-state index in [-0.39, 0.29) is 11.8 Å². The monoisotopic (exact) mass is 228 g/mol. The molecule has 3 N–H and O–H groups in total. The van der Waals surface area contributed by atoms with Crippen LogP contribution in [-0.2, 0) is 4.79 Å². The summed E-state index contributed by atoms with van der Waals surface area (Å²) >= 11 is 0. The molecule has 1 amide bonds. The molecule has 4 heteroatoms. The quantitative estimate of drug-likeness (QED) is 0.647. The van der Waals surface area contributed by atoms with Gasteiger partial charge in [0.05, 0.1) is 11.5 Å². The number of carbonyl (C=O) groups is 1. The summed E-state index contributed by atoms with van der Waals surface area (Å²) in [6, 6.07) is 0. The topological polar surface area (TPSA) is 61.4 Å². The third-order valence-corrected chi connectivity index (χ3v) is 3.10. The molecule has 1 aliphatic rings. The summed E-state index contributed by atoms with van der Waals surface area (Å²) in [6.45, 7) is 5.94. The molecular formula is C12H24N2O2. The van der Waals surface area contributed by atoms with Crippen LogP contribution in [-0.4, -0.2) is 36.2 Å². The van der Waals surface area contributed by atoms with Gasteiger partial charge in [0.2, 0.25) is 5.91 Å². The lowest BCUT2D eigenvalue weighted by Gasteiger charge is -2.26. The van der Waals surface area contributed by atoms with E-state index in [9.17, 15) is 9.90 Å². The van der Waals surface area contributed by atoms with Crippen molar-refractivity contribution in [2.24, 2.45) is 5.92 Å². The Hall–Kier alpha value is -0.610. The molecule has 1 heterocycles. The zero-order valence-corrected chi connectivity index (χ0v) is 10.4. The van der Waals surface area contributed by atoms with Crippen molar-refractivity contribution in [2.75, 3.05) is 19.6 Å². The van der Waals surface area contributed by atoms with Crippen molar-refractivity contribution in [1.29, 1.82) is 0 Å². The van der Waals surface area contributed by atoms with Gasteiger partial charge in [-0.05, 0) is 32.7 Å². The number of amides is 1. The number of aliphatic hydroxyl groups is 1. The molecule has 0 aromatic rings. The molecule has 0 radical (unpaired) electrons. The van der Waals surface area contributed by atoms with Gasteiger partial charge in [0.15, 0.2) is 0 Å². The van der Waals surface area contributed by atoms with Gasteiger partial charge < -0.3 is 15.7 Å². The number of carbonyl (C=O) groups excluding carboxylic acids is 1. The van der Waals surface area contributed by atoms with E-state index in [1.165, 1.54) is 0 Å². The van der Waals surface area contributed by atoms with E-state index in [4.69, 9.17) is 0 Å². The number of nitrogens with one attached hydrogen (secondary N) is 2. The molecule has 2 atom stereocenters. The summed E-state index contributed by atoms with van der Waals surface area (Å²) < 4.78 is 0. The molecular weight excluding hydrogens is 204 g/mol. The van der Waals surface area contributed by atoms with Crippen molar-refractivity contribution < 1.29 is 9.90 Å². The highest BCUT2D eigenvalue weighted by atomic mass is 16.3. The van der Waals surface area contributed by atoms with E-state index in [2.05, 4.69) is 10.6 Å². The van der Waals surface area contributed by atoms with Crippen molar-refractivity contribution in [1.82, 2.24) is 10.6 Å². The molecule has 16 heavy (non-hydrogen) atoms. The van der Waals surface area contributed by atoms with Crippen LogP contribution in [0.25, 0.3) is 0 Å². The zero-order valence-electron chi connectivity index (χ0n) is 10.4. The Kier molecular flexibility index (Phi) is 5.22. The molecule has 4 nitrogen and oxygen atoms in total. The molecule has 1 saturated heterocycles. The average Bonchev–Trinajstić information content (AvgIpc) is 2.27. The standard InChI is InChI=1S/C12H24N2O2/c1-3-6-12(2,16)9-14-11(15)10-5-4-7-13-8-10/h10,13,16H,3-9H2,1-2H3,(H,14,15). The molecule has 1 aliphatic heterocycles. The van der Waals surface area contributed by atoms with Gasteiger partial charge in [-0.3, -0.25) is 4.79 Å². The third kappa shape index (κ3) is 4.49. The minimum atomic E-state index is -0.771. The maximum atomic E-state index is 11.8. The summed E-state index contributed by atoms with van der Waals surface area (Å²) in [5.74, 6) is 0.148. The smallest absolute Gasteiger partial charge is 0.224 e. The van der Waals surface area contributed by atoms with Gasteiger partial charge >= 0.3 is 0 Å². The lowest BCUT2D eigenvalue weighted by molar-refractivity contribution is -0.126. The summed E-state index contributed by atoms with van der Waals surface area (Å²) in [6.07, 6.45) is 3.66. The van der Waals surface area contributed by atoms with Crippen LogP contribution in [0.1, 0.15) is 39.5 Å². The van der Waals surface area contributed by atoms with Crippen LogP contribution in [0.4, 0.5) is 0 Å². The molecule has 0 aromatic carbocycles. The minimum Gasteiger partial charge on any atom is -0.388 e. The molecule has 0 saturated carbocycles. The molecule has 0 aromatic heterocycles. The van der Waals surface area contributed by atoms with Gasteiger partial charge in [0, 0.05) is 13.1 Å². The number of rotatable bonds is 5. The molecule has 94 valence electrons. The van der Waals surface area contributed by atoms with Crippen LogP contribution in [0, 0.1) is 5.92 Å². The fraction of sp³-hybridized carbons (Fsp3) is 0.917. The van der Waals surface area contributed by atoms with Crippen LogP contribution in [0.2, 0.25) is 0 Å². The lowest BCUT2D eigenvalue weighted by atomic mass is 9.97. The highest BCUT2D eigenvalue weighted by Crippen LogP contribution is 2.12. The fourth-order valence-electron chi connectivity index (χ4n) is 2.12. The SMILES string of the molecule is CCCC(C)(O)CNC(=O)C1CCCNC1. The second kappa shape index (κ2) is 6.21. The highest BCUT2D eigenvalue weighted by Gasteiger charge is 2.24. The summed E-state index contributed by atoms with van der Waals surface area (Å²) in [7, 11) is 0. The molecule has 2 unspecified atom stereocenters. The lowest BCUT2D eigenvalue weighted by Crippen LogP contribution is -2.46. The Morgan fingerprint density at radius 3 is 2.94 bits per heavy atom. The molecule has 0 aliphatic carbocycles. The first-order valence-electron chi connectivity index (χ1n) is 6.26. The molecule has 1 rings (SSSR count). The second-order valence-electron chi connectivity index (χ2n) is 5.01. The second-order valence-corrected chi connectivity index (χ2v) is 5.01. The Morgan fingerprint density at radius 2 is 2.38 bits per heavy atom. The van der Waals surface area contributed by atoms with Crippen molar-refractivity contribution in [3.8, 4) is 0 Å². The van der Waals surface area contributed by atoms with E-state index in [0.29, 0.717) is 6.54 Å². The van der Waals surface area contributed by atoms with Gasteiger partial charge in [0.25, 0.3) is 0 Å². The van der Waals surface area contributed by atoms with E-state index in [0.717, 1.165) is 38.8 Å². The Labute approximate surface area is 97.8 Å². The normalized spacial score (nSPS) is 24.8. The van der Waals surface area contributed by atoms with E-state index in [1.54, 1.807) is 6.92 Å². The Bertz CT molecular complexity index is 223. The molecule has 0 bridgehead atoms. The minimum absolute atomic E-state index is 0.0728. The van der Waals surface area contributed by atoms with E-state index < -0.39 is 5.60 Å². The van der Waals surface area contributed by atoms with Gasteiger partial charge in [-0.15, -0.1) is 0 Å². The van der Waals surface area contributed by atoms with Crippen LogP contribution in [0.3, 0.4) is 0 Å². The largest absolute Gasteiger partial charge is 0.388 e. The van der Waals surface area contributed by atoms with Crippen molar-refractivity contribution in [3.63, 3.8) is 0 Å². The van der Waals surface area contributed by atoms with Crippen molar-refractivity contribution >= 4 is 5.91 Å². The van der Waals surface area contributed by atoms with Gasteiger partial charge in [-0.1, -0.05) is 13.3 Å². The summed E-state index contributed by atoms with van der Waals surface area (Å²) in [5, 5.41) is 16.0. The number of hydrogen-bond acceptors (Lipinski definition) is 3. The predicted octanol–water partition coefficient (Wildman–Crippen LogP) is 0.653. The molecule has 1 fully saturated rings. The number of piperidine rings is 1. The van der Waals surface area contributed by atoms with E-state index in [1.807, 2.05) is 6.92 Å². The fourth-order valence-corrected chi connectivity index (χ4v) is 2.12.